The number of anilines is 1. The van der Waals surface area contributed by atoms with E-state index in [1.807, 2.05) is 0 Å². The fourth-order valence-corrected chi connectivity index (χ4v) is 3.55. The van der Waals surface area contributed by atoms with Crippen LogP contribution in [0.3, 0.4) is 0 Å². The summed E-state index contributed by atoms with van der Waals surface area (Å²) in [6, 6.07) is 10.8. The lowest BCUT2D eigenvalue weighted by atomic mass is 10.1. The van der Waals surface area contributed by atoms with Crippen molar-refractivity contribution in [1.82, 2.24) is 4.90 Å². The second kappa shape index (κ2) is 11.2. The highest BCUT2D eigenvalue weighted by atomic mass is 15.4. The minimum absolute atomic E-state index is 0.510. The maximum Gasteiger partial charge on any atom is 0.105 e. The SMILES string of the molecule is CCCCCCCN1C=CN(c2ccccc2)C1CCCCCC. The fraction of sp³-hybridized carbons (Fsp3) is 0.636. The molecule has 24 heavy (non-hydrogen) atoms. The van der Waals surface area contributed by atoms with Gasteiger partial charge in [0.25, 0.3) is 0 Å². The molecule has 1 aromatic rings. The van der Waals surface area contributed by atoms with Crippen molar-refractivity contribution in [3.8, 4) is 0 Å². The van der Waals surface area contributed by atoms with Gasteiger partial charge in [-0.1, -0.05) is 77.0 Å². The summed E-state index contributed by atoms with van der Waals surface area (Å²) in [5, 5.41) is 0. The van der Waals surface area contributed by atoms with E-state index in [1.54, 1.807) is 0 Å². The van der Waals surface area contributed by atoms with Crippen molar-refractivity contribution in [2.24, 2.45) is 0 Å². The van der Waals surface area contributed by atoms with Gasteiger partial charge in [0, 0.05) is 24.6 Å². The van der Waals surface area contributed by atoms with Gasteiger partial charge in [-0.25, -0.2) is 0 Å². The molecule has 2 nitrogen and oxygen atoms in total. The molecule has 0 N–H and O–H groups in total. The Bertz CT molecular complexity index is 454. The smallest absolute Gasteiger partial charge is 0.105 e. The zero-order valence-corrected chi connectivity index (χ0v) is 15.8. The fourth-order valence-electron chi connectivity index (χ4n) is 3.55. The van der Waals surface area contributed by atoms with Crippen LogP contribution in [0.2, 0.25) is 0 Å². The topological polar surface area (TPSA) is 6.48 Å². The first-order valence-electron chi connectivity index (χ1n) is 10.1. The average Bonchev–Trinajstić information content (AvgIpc) is 3.02. The van der Waals surface area contributed by atoms with E-state index in [-0.39, 0.29) is 0 Å². The highest BCUT2D eigenvalue weighted by Gasteiger charge is 2.26. The summed E-state index contributed by atoms with van der Waals surface area (Å²) in [6.45, 7) is 5.77. The molecule has 0 saturated carbocycles. The summed E-state index contributed by atoms with van der Waals surface area (Å²) < 4.78 is 0. The van der Waals surface area contributed by atoms with Crippen LogP contribution in [-0.2, 0) is 0 Å². The van der Waals surface area contributed by atoms with E-state index >= 15 is 0 Å². The Morgan fingerprint density at radius 2 is 1.42 bits per heavy atom. The summed E-state index contributed by atoms with van der Waals surface area (Å²) in [6.07, 6.45) is 18.5. The van der Waals surface area contributed by atoms with Gasteiger partial charge in [0.2, 0.25) is 0 Å². The molecule has 0 amide bonds. The number of hydrogen-bond acceptors (Lipinski definition) is 2. The standard InChI is InChI=1S/C22H36N2/c1-3-5-7-9-14-18-23-19-20-24(21-15-11-10-12-16-21)22(23)17-13-8-6-4-2/h10-12,15-16,19-20,22H,3-9,13-14,17-18H2,1-2H3. The van der Waals surface area contributed by atoms with Crippen molar-refractivity contribution in [3.05, 3.63) is 42.7 Å². The van der Waals surface area contributed by atoms with Crippen molar-refractivity contribution in [3.63, 3.8) is 0 Å². The third kappa shape index (κ3) is 5.89. The zero-order chi connectivity index (χ0) is 17.0. The van der Waals surface area contributed by atoms with E-state index in [9.17, 15) is 0 Å². The zero-order valence-electron chi connectivity index (χ0n) is 15.8. The highest BCUT2D eigenvalue weighted by Crippen LogP contribution is 2.28. The molecule has 1 heterocycles. The van der Waals surface area contributed by atoms with Crippen LogP contribution in [-0.4, -0.2) is 17.6 Å². The number of hydrogen-bond donors (Lipinski definition) is 0. The van der Waals surface area contributed by atoms with Gasteiger partial charge in [-0.2, -0.15) is 0 Å². The van der Waals surface area contributed by atoms with Crippen LogP contribution in [0, 0.1) is 0 Å². The normalized spacial score (nSPS) is 17.0. The second-order valence-corrected chi connectivity index (χ2v) is 7.02. The highest BCUT2D eigenvalue weighted by molar-refractivity contribution is 5.51. The summed E-state index contributed by atoms with van der Waals surface area (Å²) in [4.78, 5) is 5.04. The Balaban J connectivity index is 1.89. The Kier molecular flexibility index (Phi) is 8.80. The first-order valence-corrected chi connectivity index (χ1v) is 10.1. The van der Waals surface area contributed by atoms with Crippen molar-refractivity contribution in [2.75, 3.05) is 11.4 Å². The monoisotopic (exact) mass is 328 g/mol. The van der Waals surface area contributed by atoms with Gasteiger partial charge in [0.15, 0.2) is 0 Å². The summed E-state index contributed by atoms with van der Waals surface area (Å²) in [7, 11) is 0. The molecule has 0 saturated heterocycles. The predicted octanol–water partition coefficient (Wildman–Crippen LogP) is 6.55. The first kappa shape index (κ1) is 18.9. The number of para-hydroxylation sites is 1. The Morgan fingerprint density at radius 1 is 0.750 bits per heavy atom. The third-order valence-corrected chi connectivity index (χ3v) is 5.01. The van der Waals surface area contributed by atoms with Gasteiger partial charge < -0.3 is 9.80 Å². The van der Waals surface area contributed by atoms with Crippen LogP contribution in [0.25, 0.3) is 0 Å². The van der Waals surface area contributed by atoms with E-state index < -0.39 is 0 Å². The molecule has 0 bridgehead atoms. The van der Waals surface area contributed by atoms with Gasteiger partial charge in [-0.15, -0.1) is 0 Å². The van der Waals surface area contributed by atoms with Gasteiger partial charge >= 0.3 is 0 Å². The van der Waals surface area contributed by atoms with Gasteiger partial charge in [-0.3, -0.25) is 0 Å². The molecular formula is C22H36N2. The maximum absolute atomic E-state index is 2.57. The molecule has 1 aliphatic heterocycles. The molecule has 1 aliphatic rings. The Morgan fingerprint density at radius 3 is 2.12 bits per heavy atom. The van der Waals surface area contributed by atoms with Crippen molar-refractivity contribution in [2.45, 2.75) is 84.2 Å². The van der Waals surface area contributed by atoms with Crippen LogP contribution in [0.5, 0.6) is 0 Å². The molecule has 0 aromatic heterocycles. The second-order valence-electron chi connectivity index (χ2n) is 7.02. The number of rotatable bonds is 12. The van der Waals surface area contributed by atoms with Crippen molar-refractivity contribution < 1.29 is 0 Å². The van der Waals surface area contributed by atoms with Crippen LogP contribution in [0.4, 0.5) is 5.69 Å². The lowest BCUT2D eigenvalue weighted by Crippen LogP contribution is -2.39. The van der Waals surface area contributed by atoms with Crippen LogP contribution in [0.1, 0.15) is 78.1 Å². The Labute approximate surface area is 149 Å². The van der Waals surface area contributed by atoms with E-state index in [1.165, 1.54) is 76.4 Å². The van der Waals surface area contributed by atoms with E-state index in [4.69, 9.17) is 0 Å². The molecule has 1 unspecified atom stereocenters. The third-order valence-electron chi connectivity index (χ3n) is 5.01. The van der Waals surface area contributed by atoms with Gasteiger partial charge in [0.1, 0.15) is 6.17 Å². The van der Waals surface area contributed by atoms with Crippen LogP contribution >= 0.6 is 0 Å². The number of benzene rings is 1. The largest absolute Gasteiger partial charge is 0.356 e. The maximum atomic E-state index is 2.57. The minimum atomic E-state index is 0.510. The van der Waals surface area contributed by atoms with E-state index in [2.05, 4.69) is 66.4 Å². The molecule has 2 heteroatoms. The lowest BCUT2D eigenvalue weighted by molar-refractivity contribution is 0.273. The van der Waals surface area contributed by atoms with Gasteiger partial charge in [0.05, 0.1) is 0 Å². The van der Waals surface area contributed by atoms with E-state index in [0.29, 0.717) is 6.17 Å². The van der Waals surface area contributed by atoms with Crippen molar-refractivity contribution >= 4 is 5.69 Å². The van der Waals surface area contributed by atoms with Crippen molar-refractivity contribution in [1.29, 1.82) is 0 Å². The van der Waals surface area contributed by atoms with Gasteiger partial charge in [-0.05, 0) is 31.4 Å². The number of unbranched alkanes of at least 4 members (excludes halogenated alkanes) is 7. The predicted molar refractivity (Wildman–Crippen MR) is 106 cm³/mol. The lowest BCUT2D eigenvalue weighted by Gasteiger charge is -2.33. The summed E-state index contributed by atoms with van der Waals surface area (Å²) in [5.41, 5.74) is 1.32. The molecule has 0 spiro atoms. The molecule has 1 atom stereocenters. The summed E-state index contributed by atoms with van der Waals surface area (Å²) >= 11 is 0. The minimum Gasteiger partial charge on any atom is -0.356 e. The van der Waals surface area contributed by atoms with E-state index in [0.717, 1.165) is 0 Å². The number of nitrogens with zero attached hydrogens (tertiary/aromatic N) is 2. The molecule has 134 valence electrons. The van der Waals surface area contributed by atoms with Crippen LogP contribution < -0.4 is 4.90 Å². The molecular weight excluding hydrogens is 292 g/mol. The molecule has 2 rings (SSSR count). The summed E-state index contributed by atoms with van der Waals surface area (Å²) in [5.74, 6) is 0. The quantitative estimate of drug-likeness (QED) is 0.402. The first-order chi connectivity index (χ1) is 11.9. The molecule has 0 fully saturated rings. The van der Waals surface area contributed by atoms with Crippen LogP contribution in [0.15, 0.2) is 42.7 Å². The Hall–Kier alpha value is -1.44. The molecule has 0 radical (unpaired) electrons. The molecule has 0 aliphatic carbocycles. The molecule has 1 aromatic carbocycles. The average molecular weight is 329 g/mol.